The molecule has 1 aromatic carbocycles. The maximum Gasteiger partial charge on any atom is 0.244 e. The van der Waals surface area contributed by atoms with Gasteiger partial charge in [-0.2, -0.15) is 0 Å². The number of carbonyl (C=O) groups is 1. The Morgan fingerprint density at radius 3 is 2.57 bits per heavy atom. The van der Waals surface area contributed by atoms with Gasteiger partial charge in [0.2, 0.25) is 5.91 Å². The maximum absolute atomic E-state index is 12.7. The molecule has 3 rings (SSSR count). The molecule has 6 nitrogen and oxygen atoms in total. The highest BCUT2D eigenvalue weighted by Gasteiger charge is 2.30. The second-order valence-electron chi connectivity index (χ2n) is 8.15. The van der Waals surface area contributed by atoms with Crippen LogP contribution in [0.4, 0.5) is 0 Å². The average Bonchev–Trinajstić information content (AvgIpc) is 3.43. The molecular weight excluding hydrogens is 489 g/mol. The highest BCUT2D eigenvalue weighted by atomic mass is 127. The zero-order valence-electron chi connectivity index (χ0n) is 18.5. The number of benzene rings is 1. The molecule has 1 atom stereocenters. The summed E-state index contributed by atoms with van der Waals surface area (Å²) < 4.78 is 0. The highest BCUT2D eigenvalue weighted by molar-refractivity contribution is 14.0. The standard InChI is InChI=1S/C23H37N5O.HI/c1-3-24-23(26-20-14-15-28(18-20)21-12-8-9-13-21)25-16-22(29)27(4-2)17-19-10-6-5-7-11-19;/h5-7,10-11,20-21H,3-4,8-9,12-18H2,1-2H3,(H2,24,25,26);1H. The number of hydrogen-bond donors (Lipinski definition) is 2. The maximum atomic E-state index is 12.7. The zero-order chi connectivity index (χ0) is 20.5. The van der Waals surface area contributed by atoms with Crippen molar-refractivity contribution in [3.63, 3.8) is 0 Å². The van der Waals surface area contributed by atoms with Gasteiger partial charge < -0.3 is 15.5 Å². The third-order valence-corrected chi connectivity index (χ3v) is 6.07. The summed E-state index contributed by atoms with van der Waals surface area (Å²) in [5.41, 5.74) is 1.15. The summed E-state index contributed by atoms with van der Waals surface area (Å²) in [6.45, 7) is 8.62. The molecule has 1 unspecified atom stereocenters. The number of guanidine groups is 1. The van der Waals surface area contributed by atoms with Crippen LogP contribution in [0.2, 0.25) is 0 Å². The van der Waals surface area contributed by atoms with E-state index in [4.69, 9.17) is 0 Å². The molecule has 1 amide bonds. The van der Waals surface area contributed by atoms with Gasteiger partial charge in [0.1, 0.15) is 6.54 Å². The lowest BCUT2D eigenvalue weighted by atomic mass is 10.2. The number of rotatable bonds is 8. The van der Waals surface area contributed by atoms with Gasteiger partial charge >= 0.3 is 0 Å². The Morgan fingerprint density at radius 2 is 1.90 bits per heavy atom. The Morgan fingerprint density at radius 1 is 1.17 bits per heavy atom. The van der Waals surface area contributed by atoms with Crippen molar-refractivity contribution in [2.45, 2.75) is 64.6 Å². The first-order valence-electron chi connectivity index (χ1n) is 11.3. The van der Waals surface area contributed by atoms with Crippen molar-refractivity contribution in [1.82, 2.24) is 20.4 Å². The Kier molecular flexibility index (Phi) is 10.9. The molecule has 30 heavy (non-hydrogen) atoms. The van der Waals surface area contributed by atoms with Crippen LogP contribution < -0.4 is 10.6 Å². The number of aliphatic imine (C=N–C) groups is 1. The molecule has 2 N–H and O–H groups in total. The Bertz CT molecular complexity index is 663. The molecule has 1 aromatic rings. The molecule has 1 aliphatic carbocycles. The molecule has 2 fully saturated rings. The predicted octanol–water partition coefficient (Wildman–Crippen LogP) is 3.23. The van der Waals surface area contributed by atoms with E-state index in [1.54, 1.807) is 0 Å². The molecule has 0 spiro atoms. The number of likely N-dealkylation sites (N-methyl/N-ethyl adjacent to an activating group) is 1. The van der Waals surface area contributed by atoms with Crippen LogP contribution in [0.5, 0.6) is 0 Å². The molecule has 1 heterocycles. The van der Waals surface area contributed by atoms with Crippen molar-refractivity contribution in [2.75, 3.05) is 32.7 Å². The lowest BCUT2D eigenvalue weighted by molar-refractivity contribution is -0.130. The number of halogens is 1. The molecule has 0 bridgehead atoms. The number of nitrogens with one attached hydrogen (secondary N) is 2. The van der Waals surface area contributed by atoms with Gasteiger partial charge in [-0.1, -0.05) is 43.2 Å². The number of carbonyl (C=O) groups excluding carboxylic acids is 1. The number of hydrogen-bond acceptors (Lipinski definition) is 3. The van der Waals surface area contributed by atoms with Gasteiger partial charge in [0.25, 0.3) is 0 Å². The van der Waals surface area contributed by atoms with Gasteiger partial charge in [0, 0.05) is 44.8 Å². The minimum absolute atomic E-state index is 0. The smallest absolute Gasteiger partial charge is 0.244 e. The van der Waals surface area contributed by atoms with E-state index in [9.17, 15) is 4.79 Å². The zero-order valence-corrected chi connectivity index (χ0v) is 20.8. The minimum Gasteiger partial charge on any atom is -0.357 e. The van der Waals surface area contributed by atoms with E-state index in [0.717, 1.165) is 37.1 Å². The van der Waals surface area contributed by atoms with E-state index in [0.29, 0.717) is 19.1 Å². The first-order valence-corrected chi connectivity index (χ1v) is 11.3. The Labute approximate surface area is 198 Å². The molecule has 1 aliphatic heterocycles. The van der Waals surface area contributed by atoms with Crippen LogP contribution in [-0.4, -0.2) is 66.5 Å². The van der Waals surface area contributed by atoms with E-state index in [1.165, 1.54) is 32.2 Å². The van der Waals surface area contributed by atoms with Crippen LogP contribution in [-0.2, 0) is 11.3 Å². The topological polar surface area (TPSA) is 60.0 Å². The minimum atomic E-state index is 0. The summed E-state index contributed by atoms with van der Waals surface area (Å²) in [4.78, 5) is 21.8. The molecular formula is C23H38IN5O. The largest absolute Gasteiger partial charge is 0.357 e. The van der Waals surface area contributed by atoms with Crippen LogP contribution >= 0.6 is 24.0 Å². The molecule has 0 aromatic heterocycles. The lowest BCUT2D eigenvalue weighted by Crippen LogP contribution is -2.45. The van der Waals surface area contributed by atoms with Crippen LogP contribution in [0.25, 0.3) is 0 Å². The summed E-state index contributed by atoms with van der Waals surface area (Å²) in [5.74, 6) is 0.822. The summed E-state index contributed by atoms with van der Waals surface area (Å²) in [7, 11) is 0. The fourth-order valence-corrected chi connectivity index (χ4v) is 4.45. The van der Waals surface area contributed by atoms with Crippen molar-refractivity contribution in [3.05, 3.63) is 35.9 Å². The van der Waals surface area contributed by atoms with E-state index >= 15 is 0 Å². The first-order chi connectivity index (χ1) is 14.2. The first kappa shape index (κ1) is 24.9. The Hall–Kier alpha value is -1.35. The van der Waals surface area contributed by atoms with Gasteiger partial charge in [-0.3, -0.25) is 9.69 Å². The van der Waals surface area contributed by atoms with E-state index in [-0.39, 0.29) is 36.4 Å². The van der Waals surface area contributed by atoms with Crippen molar-refractivity contribution < 1.29 is 4.79 Å². The molecule has 0 radical (unpaired) electrons. The molecule has 1 saturated heterocycles. The second-order valence-corrected chi connectivity index (χ2v) is 8.15. The second kappa shape index (κ2) is 13.1. The predicted molar refractivity (Wildman–Crippen MR) is 134 cm³/mol. The monoisotopic (exact) mass is 527 g/mol. The van der Waals surface area contributed by atoms with Crippen LogP contribution in [0, 0.1) is 0 Å². The number of amides is 1. The van der Waals surface area contributed by atoms with Crippen molar-refractivity contribution in [1.29, 1.82) is 0 Å². The van der Waals surface area contributed by atoms with Crippen molar-refractivity contribution in [3.8, 4) is 0 Å². The van der Waals surface area contributed by atoms with Crippen LogP contribution in [0.1, 0.15) is 51.5 Å². The fraction of sp³-hybridized carbons (Fsp3) is 0.652. The summed E-state index contributed by atoms with van der Waals surface area (Å²) >= 11 is 0. The average molecular weight is 527 g/mol. The molecule has 2 aliphatic rings. The molecule has 7 heteroatoms. The van der Waals surface area contributed by atoms with Crippen molar-refractivity contribution in [2.24, 2.45) is 4.99 Å². The quantitative estimate of drug-likeness (QED) is 0.310. The normalized spacial score (nSPS) is 20.1. The van der Waals surface area contributed by atoms with Gasteiger partial charge in [0.15, 0.2) is 5.96 Å². The van der Waals surface area contributed by atoms with Gasteiger partial charge in [-0.05, 0) is 38.7 Å². The SMILES string of the molecule is CCNC(=NCC(=O)N(CC)Cc1ccccc1)NC1CCN(C2CCCC2)C1.I. The van der Waals surface area contributed by atoms with Crippen LogP contribution in [0.3, 0.4) is 0 Å². The molecule has 168 valence electrons. The Balaban J connectivity index is 0.00000320. The van der Waals surface area contributed by atoms with Crippen LogP contribution in [0.15, 0.2) is 35.3 Å². The van der Waals surface area contributed by atoms with E-state index in [1.807, 2.05) is 30.0 Å². The third-order valence-electron chi connectivity index (χ3n) is 6.07. The summed E-state index contributed by atoms with van der Waals surface area (Å²) in [6.07, 6.45) is 6.60. The van der Waals surface area contributed by atoms with E-state index in [2.05, 4.69) is 39.6 Å². The number of likely N-dealkylation sites (tertiary alicyclic amines) is 1. The third kappa shape index (κ3) is 7.41. The summed E-state index contributed by atoms with van der Waals surface area (Å²) in [5, 5.41) is 6.86. The molecule has 1 saturated carbocycles. The van der Waals surface area contributed by atoms with Gasteiger partial charge in [0.05, 0.1) is 0 Å². The van der Waals surface area contributed by atoms with Gasteiger partial charge in [-0.25, -0.2) is 4.99 Å². The van der Waals surface area contributed by atoms with Crippen molar-refractivity contribution >= 4 is 35.8 Å². The summed E-state index contributed by atoms with van der Waals surface area (Å²) in [6, 6.07) is 11.3. The lowest BCUT2D eigenvalue weighted by Gasteiger charge is -2.24. The van der Waals surface area contributed by atoms with Gasteiger partial charge in [-0.15, -0.1) is 24.0 Å². The fourth-order valence-electron chi connectivity index (χ4n) is 4.45. The number of nitrogens with zero attached hydrogens (tertiary/aromatic N) is 3. The van der Waals surface area contributed by atoms with E-state index < -0.39 is 0 Å². The highest BCUT2D eigenvalue weighted by Crippen LogP contribution is 2.26.